The molecule has 4 nitrogen and oxygen atoms in total. The Labute approximate surface area is 102 Å². The van der Waals surface area contributed by atoms with E-state index in [1.807, 2.05) is 4.57 Å². The molecule has 0 aliphatic carbocycles. The molecule has 0 spiro atoms. The molecule has 0 unspecified atom stereocenters. The van der Waals surface area contributed by atoms with Crippen molar-refractivity contribution in [2.75, 3.05) is 17.6 Å². The van der Waals surface area contributed by atoms with Gasteiger partial charge in [-0.15, -0.1) is 0 Å². The van der Waals surface area contributed by atoms with E-state index in [2.05, 4.69) is 10.3 Å². The molecule has 0 fully saturated rings. The molecule has 0 bridgehead atoms. The lowest BCUT2D eigenvalue weighted by Gasteiger charge is -2.15. The van der Waals surface area contributed by atoms with Crippen LogP contribution in [0.25, 0.3) is 11.3 Å². The summed E-state index contributed by atoms with van der Waals surface area (Å²) in [5, 5.41) is 3.12. The Kier molecular flexibility index (Phi) is 2.43. The summed E-state index contributed by atoms with van der Waals surface area (Å²) < 4.78 is 28.0. The Bertz CT molecular complexity index is 606. The van der Waals surface area contributed by atoms with Gasteiger partial charge in [0.15, 0.2) is 11.6 Å². The van der Waals surface area contributed by atoms with Gasteiger partial charge in [0, 0.05) is 18.7 Å². The number of benzene rings is 1. The van der Waals surface area contributed by atoms with Crippen LogP contribution in [0.1, 0.15) is 6.42 Å². The molecule has 2 aromatic rings. The normalized spacial score (nSPS) is 14.1. The Balaban J connectivity index is 2.11. The largest absolute Gasteiger partial charge is 0.383 e. The first-order valence-corrected chi connectivity index (χ1v) is 5.72. The van der Waals surface area contributed by atoms with E-state index in [9.17, 15) is 8.78 Å². The lowest BCUT2D eigenvalue weighted by Crippen LogP contribution is -2.18. The molecular weight excluding hydrogens is 238 g/mol. The van der Waals surface area contributed by atoms with Gasteiger partial charge < -0.3 is 11.1 Å². The summed E-state index contributed by atoms with van der Waals surface area (Å²) in [6, 6.07) is 3.67. The van der Waals surface area contributed by atoms with Gasteiger partial charge in [-0.2, -0.15) is 0 Å². The predicted molar refractivity (Wildman–Crippen MR) is 65.1 cm³/mol. The van der Waals surface area contributed by atoms with Gasteiger partial charge in [0.2, 0.25) is 5.95 Å². The van der Waals surface area contributed by atoms with Gasteiger partial charge in [0.1, 0.15) is 11.5 Å². The minimum Gasteiger partial charge on any atom is -0.383 e. The molecule has 18 heavy (non-hydrogen) atoms. The molecule has 3 rings (SSSR count). The Morgan fingerprint density at radius 3 is 2.83 bits per heavy atom. The zero-order chi connectivity index (χ0) is 12.7. The number of hydrogen-bond acceptors (Lipinski definition) is 3. The maximum absolute atomic E-state index is 13.2. The van der Waals surface area contributed by atoms with Crippen LogP contribution in [0.15, 0.2) is 18.2 Å². The quantitative estimate of drug-likeness (QED) is 0.816. The van der Waals surface area contributed by atoms with Crippen molar-refractivity contribution in [3.05, 3.63) is 29.8 Å². The van der Waals surface area contributed by atoms with Crippen LogP contribution < -0.4 is 11.1 Å². The van der Waals surface area contributed by atoms with Gasteiger partial charge in [0.05, 0.1) is 0 Å². The molecule has 94 valence electrons. The summed E-state index contributed by atoms with van der Waals surface area (Å²) in [5.74, 6) is -0.619. The Hall–Kier alpha value is -2.11. The zero-order valence-electron chi connectivity index (χ0n) is 9.58. The van der Waals surface area contributed by atoms with Crippen LogP contribution in [0.5, 0.6) is 0 Å². The van der Waals surface area contributed by atoms with Gasteiger partial charge in [-0.3, -0.25) is 4.57 Å². The molecule has 0 saturated carbocycles. The number of nitrogen functional groups attached to an aromatic ring is 1. The van der Waals surface area contributed by atoms with E-state index in [0.717, 1.165) is 31.6 Å². The predicted octanol–water partition coefficient (Wildman–Crippen LogP) is 2.23. The van der Waals surface area contributed by atoms with Crippen LogP contribution in [-0.4, -0.2) is 16.1 Å². The first-order valence-electron chi connectivity index (χ1n) is 5.72. The third kappa shape index (κ3) is 1.61. The molecule has 1 aliphatic heterocycles. The van der Waals surface area contributed by atoms with Crippen molar-refractivity contribution < 1.29 is 8.78 Å². The van der Waals surface area contributed by atoms with Crippen molar-refractivity contribution in [3.8, 4) is 11.3 Å². The van der Waals surface area contributed by atoms with Crippen LogP contribution in [-0.2, 0) is 6.54 Å². The summed E-state index contributed by atoms with van der Waals surface area (Å²) in [6.07, 6.45) is 0.963. The molecule has 1 aliphatic rings. The topological polar surface area (TPSA) is 55.9 Å². The molecule has 0 atom stereocenters. The number of nitrogens with zero attached hydrogens (tertiary/aromatic N) is 2. The fourth-order valence-electron chi connectivity index (χ4n) is 2.12. The first kappa shape index (κ1) is 11.0. The number of imidazole rings is 1. The molecule has 2 heterocycles. The molecule has 0 amide bonds. The van der Waals surface area contributed by atoms with Crippen molar-refractivity contribution in [1.29, 1.82) is 0 Å². The average molecular weight is 250 g/mol. The van der Waals surface area contributed by atoms with Gasteiger partial charge >= 0.3 is 0 Å². The third-order valence-electron chi connectivity index (χ3n) is 3.04. The second-order valence-corrected chi connectivity index (χ2v) is 4.23. The van der Waals surface area contributed by atoms with Gasteiger partial charge in [0.25, 0.3) is 0 Å². The van der Waals surface area contributed by atoms with E-state index >= 15 is 0 Å². The number of rotatable bonds is 1. The van der Waals surface area contributed by atoms with Crippen LogP contribution in [0.3, 0.4) is 0 Å². The number of halogens is 2. The molecule has 1 aromatic heterocycles. The van der Waals surface area contributed by atoms with Crippen molar-refractivity contribution in [2.45, 2.75) is 13.0 Å². The molecule has 0 radical (unpaired) electrons. The van der Waals surface area contributed by atoms with E-state index in [-0.39, 0.29) is 0 Å². The molecular formula is C12H12F2N4. The van der Waals surface area contributed by atoms with Gasteiger partial charge in [-0.05, 0) is 24.6 Å². The number of fused-ring (bicyclic) bond motifs is 1. The van der Waals surface area contributed by atoms with Crippen LogP contribution in [0.2, 0.25) is 0 Å². The Morgan fingerprint density at radius 1 is 1.28 bits per heavy atom. The fraction of sp³-hybridized carbons (Fsp3) is 0.250. The van der Waals surface area contributed by atoms with Crippen molar-refractivity contribution >= 4 is 11.8 Å². The summed E-state index contributed by atoms with van der Waals surface area (Å²) >= 11 is 0. The number of hydrogen-bond donors (Lipinski definition) is 2. The van der Waals surface area contributed by atoms with Crippen molar-refractivity contribution in [3.63, 3.8) is 0 Å². The number of nitrogens with two attached hydrogens (primary N) is 1. The van der Waals surface area contributed by atoms with Crippen LogP contribution in [0.4, 0.5) is 20.5 Å². The summed E-state index contributed by atoms with van der Waals surface area (Å²) in [6.45, 7) is 1.62. The number of aromatic nitrogens is 2. The van der Waals surface area contributed by atoms with Crippen molar-refractivity contribution in [1.82, 2.24) is 9.55 Å². The zero-order valence-corrected chi connectivity index (χ0v) is 9.58. The standard InChI is InChI=1S/C12H12F2N4/c13-8-3-2-7(6-9(8)14)10-11(15)18-5-1-4-16-12(18)17-10/h2-3,6H,1,4-5,15H2,(H,16,17). The maximum atomic E-state index is 13.2. The lowest BCUT2D eigenvalue weighted by atomic mass is 10.1. The summed E-state index contributed by atoms with van der Waals surface area (Å²) in [7, 11) is 0. The summed E-state index contributed by atoms with van der Waals surface area (Å²) in [5.41, 5.74) is 6.95. The first-order chi connectivity index (χ1) is 8.66. The minimum atomic E-state index is -0.897. The second-order valence-electron chi connectivity index (χ2n) is 4.23. The highest BCUT2D eigenvalue weighted by Crippen LogP contribution is 2.30. The smallest absolute Gasteiger partial charge is 0.205 e. The van der Waals surface area contributed by atoms with Crippen LogP contribution >= 0.6 is 0 Å². The second kappa shape index (κ2) is 3.97. The highest BCUT2D eigenvalue weighted by Gasteiger charge is 2.19. The van der Waals surface area contributed by atoms with E-state index in [1.54, 1.807) is 0 Å². The van der Waals surface area contributed by atoms with E-state index < -0.39 is 11.6 Å². The SMILES string of the molecule is Nc1c(-c2ccc(F)c(F)c2)nc2n1CCCN2. The highest BCUT2D eigenvalue weighted by molar-refractivity contribution is 5.73. The van der Waals surface area contributed by atoms with Gasteiger partial charge in [-0.25, -0.2) is 13.8 Å². The summed E-state index contributed by atoms with van der Waals surface area (Å²) in [4.78, 5) is 4.33. The molecule has 3 N–H and O–H groups in total. The Morgan fingerprint density at radius 2 is 2.11 bits per heavy atom. The van der Waals surface area contributed by atoms with Gasteiger partial charge in [-0.1, -0.05) is 0 Å². The lowest BCUT2D eigenvalue weighted by molar-refractivity contribution is 0.509. The minimum absolute atomic E-state index is 0.475. The number of nitrogens with one attached hydrogen (secondary N) is 1. The van der Waals surface area contributed by atoms with E-state index in [1.165, 1.54) is 6.07 Å². The monoisotopic (exact) mass is 250 g/mol. The molecule has 1 aromatic carbocycles. The number of anilines is 2. The third-order valence-corrected chi connectivity index (χ3v) is 3.04. The molecule has 0 saturated heterocycles. The maximum Gasteiger partial charge on any atom is 0.205 e. The van der Waals surface area contributed by atoms with E-state index in [4.69, 9.17) is 5.73 Å². The highest BCUT2D eigenvalue weighted by atomic mass is 19.2. The van der Waals surface area contributed by atoms with Crippen LogP contribution in [0, 0.1) is 11.6 Å². The van der Waals surface area contributed by atoms with Crippen molar-refractivity contribution in [2.24, 2.45) is 0 Å². The van der Waals surface area contributed by atoms with E-state index in [0.29, 0.717) is 23.0 Å². The average Bonchev–Trinajstić information content (AvgIpc) is 2.71. The molecule has 6 heteroatoms. The fourth-order valence-corrected chi connectivity index (χ4v) is 2.12.